The van der Waals surface area contributed by atoms with E-state index in [9.17, 15) is 4.79 Å². The first kappa shape index (κ1) is 11.5. The van der Waals surface area contributed by atoms with Gasteiger partial charge in [-0.3, -0.25) is 4.79 Å². The van der Waals surface area contributed by atoms with Crippen LogP contribution in [0, 0.1) is 5.92 Å². The summed E-state index contributed by atoms with van der Waals surface area (Å²) in [5, 5.41) is 0. The molecule has 16 heavy (non-hydrogen) atoms. The third-order valence-corrected chi connectivity index (χ3v) is 3.21. The molecule has 0 spiro atoms. The van der Waals surface area contributed by atoms with Crippen LogP contribution >= 0.6 is 15.9 Å². The van der Waals surface area contributed by atoms with Crippen LogP contribution in [0.2, 0.25) is 0 Å². The van der Waals surface area contributed by atoms with E-state index in [2.05, 4.69) is 15.9 Å². The topological polar surface area (TPSA) is 29.5 Å². The summed E-state index contributed by atoms with van der Waals surface area (Å²) >= 11 is 3.40. The molecule has 1 heterocycles. The van der Waals surface area contributed by atoms with Gasteiger partial charge in [-0.25, -0.2) is 0 Å². The Morgan fingerprint density at radius 2 is 2.12 bits per heavy atom. The van der Waals surface area contributed by atoms with E-state index in [4.69, 9.17) is 4.74 Å². The zero-order chi connectivity index (χ0) is 11.9. The normalized spacial score (nSPS) is 19.7. The molecule has 1 aromatic rings. The lowest BCUT2D eigenvalue weighted by Gasteiger charge is -2.33. The Morgan fingerprint density at radius 1 is 1.44 bits per heavy atom. The standard InChI is InChI=1S/C12H14BrNO2/c1-7(2)11-12(15)14(3)9-5-4-8(13)6-10(9)16-11/h4-7,11H,1-3H3. The fraction of sp³-hybridized carbons (Fsp3) is 0.417. The van der Waals surface area contributed by atoms with Crippen molar-refractivity contribution in [3.8, 4) is 5.75 Å². The smallest absolute Gasteiger partial charge is 0.268 e. The van der Waals surface area contributed by atoms with Gasteiger partial charge in [-0.1, -0.05) is 29.8 Å². The fourth-order valence-corrected chi connectivity index (χ4v) is 2.12. The number of carbonyl (C=O) groups excluding carboxylic acids is 1. The average molecular weight is 284 g/mol. The van der Waals surface area contributed by atoms with Crippen molar-refractivity contribution in [1.29, 1.82) is 0 Å². The summed E-state index contributed by atoms with van der Waals surface area (Å²) in [4.78, 5) is 13.7. The molecule has 0 aromatic heterocycles. The lowest BCUT2D eigenvalue weighted by Crippen LogP contribution is -2.46. The van der Waals surface area contributed by atoms with E-state index >= 15 is 0 Å². The predicted molar refractivity (Wildman–Crippen MR) is 66.8 cm³/mol. The zero-order valence-electron chi connectivity index (χ0n) is 9.53. The van der Waals surface area contributed by atoms with Crippen molar-refractivity contribution in [2.75, 3.05) is 11.9 Å². The Bertz CT molecular complexity index is 431. The maximum Gasteiger partial charge on any atom is 0.268 e. The van der Waals surface area contributed by atoms with E-state index in [0.29, 0.717) is 0 Å². The minimum absolute atomic E-state index is 0.0184. The maximum atomic E-state index is 12.0. The molecule has 2 rings (SSSR count). The first-order valence-electron chi connectivity index (χ1n) is 5.24. The Hall–Kier alpha value is -1.03. The molecule has 1 unspecified atom stereocenters. The van der Waals surface area contributed by atoms with E-state index in [1.165, 1.54) is 0 Å². The Labute approximate surface area is 104 Å². The SMILES string of the molecule is CC(C)C1Oc2cc(Br)ccc2N(C)C1=O. The van der Waals surface area contributed by atoms with Crippen LogP contribution in [0.15, 0.2) is 22.7 Å². The monoisotopic (exact) mass is 283 g/mol. The van der Waals surface area contributed by atoms with Crippen molar-refractivity contribution < 1.29 is 9.53 Å². The molecule has 0 bridgehead atoms. The highest BCUT2D eigenvalue weighted by Gasteiger charge is 2.34. The number of anilines is 1. The van der Waals surface area contributed by atoms with Crippen LogP contribution in [0.4, 0.5) is 5.69 Å². The number of nitrogens with zero attached hydrogens (tertiary/aromatic N) is 1. The summed E-state index contributed by atoms with van der Waals surface area (Å²) in [6.45, 7) is 3.97. The molecule has 0 N–H and O–H groups in total. The minimum atomic E-state index is -0.383. The second-order valence-corrected chi connectivity index (χ2v) is 5.21. The number of ether oxygens (including phenoxy) is 1. The van der Waals surface area contributed by atoms with Gasteiger partial charge in [-0.05, 0) is 24.1 Å². The molecular formula is C12H14BrNO2. The zero-order valence-corrected chi connectivity index (χ0v) is 11.1. The number of likely N-dealkylation sites (N-methyl/N-ethyl adjacent to an activating group) is 1. The fourth-order valence-electron chi connectivity index (χ4n) is 1.78. The van der Waals surface area contributed by atoms with Crippen molar-refractivity contribution >= 4 is 27.5 Å². The Kier molecular flexibility index (Phi) is 2.93. The van der Waals surface area contributed by atoms with Crippen LogP contribution < -0.4 is 9.64 Å². The van der Waals surface area contributed by atoms with E-state index < -0.39 is 0 Å². The Balaban J connectivity index is 2.44. The lowest BCUT2D eigenvalue weighted by molar-refractivity contribution is -0.127. The number of hydrogen-bond donors (Lipinski definition) is 0. The van der Waals surface area contributed by atoms with Gasteiger partial charge in [0.15, 0.2) is 6.10 Å². The number of amides is 1. The molecule has 1 aliphatic heterocycles. The highest BCUT2D eigenvalue weighted by Crippen LogP contribution is 2.36. The molecule has 0 aliphatic carbocycles. The van der Waals surface area contributed by atoms with Crippen LogP contribution in [0.5, 0.6) is 5.75 Å². The van der Waals surface area contributed by atoms with E-state index in [1.807, 2.05) is 32.0 Å². The van der Waals surface area contributed by atoms with Crippen molar-refractivity contribution in [1.82, 2.24) is 0 Å². The number of carbonyl (C=O) groups is 1. The van der Waals surface area contributed by atoms with Gasteiger partial charge >= 0.3 is 0 Å². The van der Waals surface area contributed by atoms with Crippen molar-refractivity contribution in [3.05, 3.63) is 22.7 Å². The molecular weight excluding hydrogens is 270 g/mol. The lowest BCUT2D eigenvalue weighted by atomic mass is 10.0. The molecule has 4 heteroatoms. The molecule has 3 nitrogen and oxygen atoms in total. The molecule has 1 aromatic carbocycles. The van der Waals surface area contributed by atoms with Crippen molar-refractivity contribution in [3.63, 3.8) is 0 Å². The van der Waals surface area contributed by atoms with Crippen LogP contribution in [0.25, 0.3) is 0 Å². The molecule has 0 fully saturated rings. The summed E-state index contributed by atoms with van der Waals surface area (Å²) < 4.78 is 6.69. The maximum absolute atomic E-state index is 12.0. The summed E-state index contributed by atoms with van der Waals surface area (Å²) in [6, 6.07) is 5.68. The van der Waals surface area contributed by atoms with Crippen molar-refractivity contribution in [2.45, 2.75) is 20.0 Å². The molecule has 0 saturated carbocycles. The van der Waals surface area contributed by atoms with E-state index in [1.54, 1.807) is 11.9 Å². The molecule has 1 aliphatic rings. The van der Waals surface area contributed by atoms with Gasteiger partial charge in [0.25, 0.3) is 5.91 Å². The summed E-state index contributed by atoms with van der Waals surface area (Å²) in [7, 11) is 1.78. The van der Waals surface area contributed by atoms with E-state index in [0.717, 1.165) is 15.9 Å². The molecule has 0 radical (unpaired) electrons. The van der Waals surface area contributed by atoms with Crippen LogP contribution in [-0.4, -0.2) is 19.1 Å². The largest absolute Gasteiger partial charge is 0.478 e. The highest BCUT2D eigenvalue weighted by atomic mass is 79.9. The number of fused-ring (bicyclic) bond motifs is 1. The van der Waals surface area contributed by atoms with Crippen molar-refractivity contribution in [2.24, 2.45) is 5.92 Å². The molecule has 86 valence electrons. The van der Waals surface area contributed by atoms with Gasteiger partial charge in [0.2, 0.25) is 0 Å². The summed E-state index contributed by atoms with van der Waals surface area (Å²) in [5.41, 5.74) is 0.824. The van der Waals surface area contributed by atoms with Gasteiger partial charge in [0.1, 0.15) is 5.75 Å². The summed E-state index contributed by atoms with van der Waals surface area (Å²) in [5.74, 6) is 0.946. The van der Waals surface area contributed by atoms with Crippen LogP contribution in [0.1, 0.15) is 13.8 Å². The summed E-state index contributed by atoms with van der Waals surface area (Å²) in [6.07, 6.45) is -0.383. The average Bonchev–Trinajstić information content (AvgIpc) is 2.22. The highest BCUT2D eigenvalue weighted by molar-refractivity contribution is 9.10. The van der Waals surface area contributed by atoms with Gasteiger partial charge < -0.3 is 9.64 Å². The van der Waals surface area contributed by atoms with Gasteiger partial charge in [0.05, 0.1) is 5.69 Å². The third-order valence-electron chi connectivity index (χ3n) is 2.72. The Morgan fingerprint density at radius 3 is 2.75 bits per heavy atom. The number of benzene rings is 1. The van der Waals surface area contributed by atoms with Gasteiger partial charge in [0, 0.05) is 11.5 Å². The second-order valence-electron chi connectivity index (χ2n) is 4.29. The minimum Gasteiger partial charge on any atom is -0.478 e. The van der Waals surface area contributed by atoms with Crippen LogP contribution in [0.3, 0.4) is 0 Å². The number of rotatable bonds is 1. The molecule has 1 atom stereocenters. The van der Waals surface area contributed by atoms with Gasteiger partial charge in [-0.15, -0.1) is 0 Å². The number of halogens is 1. The molecule has 1 amide bonds. The second kappa shape index (κ2) is 4.09. The van der Waals surface area contributed by atoms with Crippen LogP contribution in [-0.2, 0) is 4.79 Å². The third kappa shape index (κ3) is 1.82. The van der Waals surface area contributed by atoms with Gasteiger partial charge in [-0.2, -0.15) is 0 Å². The molecule has 0 saturated heterocycles. The first-order chi connectivity index (χ1) is 7.50. The predicted octanol–water partition coefficient (Wildman–Crippen LogP) is 2.83. The quantitative estimate of drug-likeness (QED) is 0.793. The number of hydrogen-bond acceptors (Lipinski definition) is 2. The van der Waals surface area contributed by atoms with E-state index in [-0.39, 0.29) is 17.9 Å². The first-order valence-corrected chi connectivity index (χ1v) is 6.04.